The van der Waals surface area contributed by atoms with Gasteiger partial charge in [0.25, 0.3) is 0 Å². The smallest absolute Gasteiger partial charge is 0.241 e. The van der Waals surface area contributed by atoms with Gasteiger partial charge in [-0.25, -0.2) is 0 Å². The number of fused-ring (bicyclic) bond motifs is 1. The van der Waals surface area contributed by atoms with Crippen LogP contribution >= 0.6 is 24.8 Å². The molecule has 1 aliphatic carbocycles. The molecule has 0 saturated carbocycles. The molecule has 2 N–H and O–H groups in total. The van der Waals surface area contributed by atoms with E-state index in [9.17, 15) is 4.79 Å². The molecule has 3 rings (SSSR count). The molecule has 19 heavy (non-hydrogen) atoms. The van der Waals surface area contributed by atoms with E-state index >= 15 is 0 Å². The largest absolute Gasteiger partial charge is 0.325 e. The molecule has 1 amide bonds. The molecule has 1 heterocycles. The number of amides is 1. The molecule has 2 aliphatic rings. The Labute approximate surface area is 126 Å². The van der Waals surface area contributed by atoms with E-state index in [1.807, 2.05) is 6.07 Å². The van der Waals surface area contributed by atoms with Crippen LogP contribution in [-0.2, 0) is 17.6 Å². The molecular weight excluding hydrogens is 283 g/mol. The van der Waals surface area contributed by atoms with Crippen LogP contribution in [0, 0.1) is 0 Å². The quantitative estimate of drug-likeness (QED) is 0.882. The molecule has 1 aromatic rings. The summed E-state index contributed by atoms with van der Waals surface area (Å²) in [5.74, 6) is 0.112. The van der Waals surface area contributed by atoms with E-state index in [-0.39, 0.29) is 36.8 Å². The third-order valence-corrected chi connectivity index (χ3v) is 3.74. The maximum absolute atomic E-state index is 11.9. The van der Waals surface area contributed by atoms with Crippen LogP contribution in [-0.4, -0.2) is 18.5 Å². The van der Waals surface area contributed by atoms with Crippen molar-refractivity contribution in [1.29, 1.82) is 0 Å². The second-order valence-corrected chi connectivity index (χ2v) is 4.98. The maximum Gasteiger partial charge on any atom is 0.241 e. The Morgan fingerprint density at radius 1 is 1.16 bits per heavy atom. The minimum Gasteiger partial charge on any atom is -0.325 e. The minimum absolute atomic E-state index is 0. The average molecular weight is 303 g/mol. The summed E-state index contributed by atoms with van der Waals surface area (Å²) in [6, 6.07) is 6.31. The minimum atomic E-state index is 0. The molecule has 0 spiro atoms. The number of nitrogens with one attached hydrogen (secondary N) is 2. The van der Waals surface area contributed by atoms with E-state index in [1.165, 1.54) is 24.0 Å². The van der Waals surface area contributed by atoms with Gasteiger partial charge in [0, 0.05) is 5.69 Å². The zero-order chi connectivity index (χ0) is 11.7. The fraction of sp³-hybridized carbons (Fsp3) is 0.500. The zero-order valence-corrected chi connectivity index (χ0v) is 12.4. The molecule has 1 aliphatic heterocycles. The molecular formula is C14H20Cl2N2O. The summed E-state index contributed by atoms with van der Waals surface area (Å²) in [5.41, 5.74) is 3.80. The van der Waals surface area contributed by atoms with Crippen LogP contribution in [0.3, 0.4) is 0 Å². The highest BCUT2D eigenvalue weighted by Crippen LogP contribution is 2.25. The van der Waals surface area contributed by atoms with Gasteiger partial charge in [-0.2, -0.15) is 0 Å². The average Bonchev–Trinajstić information content (AvgIpc) is 2.99. The number of hydrogen-bond donors (Lipinski definition) is 2. The Kier molecular flexibility index (Phi) is 6.11. The van der Waals surface area contributed by atoms with E-state index in [2.05, 4.69) is 22.8 Å². The van der Waals surface area contributed by atoms with Gasteiger partial charge in [-0.3, -0.25) is 4.79 Å². The third kappa shape index (κ3) is 3.62. The van der Waals surface area contributed by atoms with Crippen molar-refractivity contribution >= 4 is 36.4 Å². The summed E-state index contributed by atoms with van der Waals surface area (Å²) in [4.78, 5) is 11.9. The van der Waals surface area contributed by atoms with Gasteiger partial charge < -0.3 is 10.6 Å². The molecule has 3 nitrogen and oxygen atoms in total. The highest BCUT2D eigenvalue weighted by atomic mass is 35.5. The third-order valence-electron chi connectivity index (χ3n) is 3.74. The summed E-state index contributed by atoms with van der Waals surface area (Å²) in [6.07, 6.45) is 5.64. The Hall–Kier alpha value is -0.770. The molecule has 1 atom stereocenters. The predicted octanol–water partition coefficient (Wildman–Crippen LogP) is 2.71. The fourth-order valence-corrected chi connectivity index (χ4v) is 2.79. The zero-order valence-electron chi connectivity index (χ0n) is 10.8. The Morgan fingerprint density at radius 3 is 2.68 bits per heavy atom. The van der Waals surface area contributed by atoms with Crippen molar-refractivity contribution in [2.24, 2.45) is 0 Å². The maximum atomic E-state index is 11.9. The summed E-state index contributed by atoms with van der Waals surface area (Å²) in [7, 11) is 0. The molecule has 1 saturated heterocycles. The molecule has 0 aromatic heterocycles. The Morgan fingerprint density at radius 2 is 1.95 bits per heavy atom. The van der Waals surface area contributed by atoms with Crippen LogP contribution in [0.4, 0.5) is 5.69 Å². The summed E-state index contributed by atoms with van der Waals surface area (Å²) < 4.78 is 0. The highest BCUT2D eigenvalue weighted by molar-refractivity contribution is 5.95. The summed E-state index contributed by atoms with van der Waals surface area (Å²) >= 11 is 0. The number of benzene rings is 1. The van der Waals surface area contributed by atoms with E-state index in [0.717, 1.165) is 31.5 Å². The van der Waals surface area contributed by atoms with Crippen molar-refractivity contribution in [3.05, 3.63) is 29.3 Å². The molecule has 0 unspecified atom stereocenters. The van der Waals surface area contributed by atoms with Gasteiger partial charge in [0.2, 0.25) is 5.91 Å². The molecule has 0 bridgehead atoms. The molecule has 0 radical (unpaired) electrons. The van der Waals surface area contributed by atoms with Gasteiger partial charge in [-0.05, 0) is 61.9 Å². The Bertz CT molecular complexity index is 445. The van der Waals surface area contributed by atoms with Gasteiger partial charge in [0.1, 0.15) is 0 Å². The number of hydrogen-bond acceptors (Lipinski definition) is 2. The Balaban J connectivity index is 0.000000902. The van der Waals surface area contributed by atoms with Crippen molar-refractivity contribution < 1.29 is 4.79 Å². The first-order valence-electron chi connectivity index (χ1n) is 6.49. The number of aryl methyl sites for hydroxylation is 2. The first-order valence-corrected chi connectivity index (χ1v) is 6.49. The van der Waals surface area contributed by atoms with Crippen molar-refractivity contribution in [2.75, 3.05) is 11.9 Å². The summed E-state index contributed by atoms with van der Waals surface area (Å²) in [6.45, 7) is 0.961. The van der Waals surface area contributed by atoms with E-state index in [4.69, 9.17) is 0 Å². The monoisotopic (exact) mass is 302 g/mol. The second-order valence-electron chi connectivity index (χ2n) is 4.98. The molecule has 106 valence electrons. The van der Waals surface area contributed by atoms with Gasteiger partial charge in [-0.1, -0.05) is 6.07 Å². The van der Waals surface area contributed by atoms with Crippen molar-refractivity contribution in [3.63, 3.8) is 0 Å². The number of carbonyl (C=O) groups is 1. The molecule has 1 fully saturated rings. The number of carbonyl (C=O) groups excluding carboxylic acids is 1. The highest BCUT2D eigenvalue weighted by Gasteiger charge is 2.22. The van der Waals surface area contributed by atoms with Gasteiger partial charge in [0.15, 0.2) is 0 Å². The van der Waals surface area contributed by atoms with E-state index in [1.54, 1.807) is 0 Å². The van der Waals surface area contributed by atoms with Crippen LogP contribution in [0.1, 0.15) is 30.4 Å². The molecule has 5 heteroatoms. The van der Waals surface area contributed by atoms with Crippen LogP contribution in [0.25, 0.3) is 0 Å². The van der Waals surface area contributed by atoms with E-state index < -0.39 is 0 Å². The normalized spacial score (nSPS) is 20.1. The number of rotatable bonds is 2. The van der Waals surface area contributed by atoms with Crippen LogP contribution in [0.15, 0.2) is 18.2 Å². The van der Waals surface area contributed by atoms with Crippen LogP contribution in [0.2, 0.25) is 0 Å². The fourth-order valence-electron chi connectivity index (χ4n) is 2.79. The first-order chi connectivity index (χ1) is 8.33. The topological polar surface area (TPSA) is 41.1 Å². The van der Waals surface area contributed by atoms with Crippen molar-refractivity contribution in [1.82, 2.24) is 5.32 Å². The van der Waals surface area contributed by atoms with Gasteiger partial charge >= 0.3 is 0 Å². The second kappa shape index (κ2) is 7.13. The lowest BCUT2D eigenvalue weighted by atomic mass is 10.1. The lowest BCUT2D eigenvalue weighted by Gasteiger charge is -2.12. The molecule has 1 aromatic carbocycles. The van der Waals surface area contributed by atoms with Crippen LogP contribution < -0.4 is 10.6 Å². The predicted molar refractivity (Wildman–Crippen MR) is 82.6 cm³/mol. The number of halogens is 2. The standard InChI is InChI=1S/C14H18N2O.2ClH/c17-14(13-5-2-8-15-13)16-12-7-6-10-3-1-4-11(10)9-12;;/h6-7,9,13,15H,1-5,8H2,(H,16,17);2*1H/t13-;;/m0../s1. The SMILES string of the molecule is Cl.Cl.O=C(Nc1ccc2c(c1)CCC2)[C@@H]1CCCN1. The van der Waals surface area contributed by atoms with E-state index in [0.29, 0.717) is 0 Å². The first kappa shape index (κ1) is 16.3. The van der Waals surface area contributed by atoms with Crippen molar-refractivity contribution in [3.8, 4) is 0 Å². The van der Waals surface area contributed by atoms with Crippen LogP contribution in [0.5, 0.6) is 0 Å². The van der Waals surface area contributed by atoms with Gasteiger partial charge in [-0.15, -0.1) is 24.8 Å². The van der Waals surface area contributed by atoms with Gasteiger partial charge in [0.05, 0.1) is 6.04 Å². The lowest BCUT2D eigenvalue weighted by molar-refractivity contribution is -0.117. The lowest BCUT2D eigenvalue weighted by Crippen LogP contribution is -2.35. The summed E-state index contributed by atoms with van der Waals surface area (Å²) in [5, 5.41) is 6.23. The number of anilines is 1. The van der Waals surface area contributed by atoms with Crippen molar-refractivity contribution in [2.45, 2.75) is 38.1 Å².